The highest BCUT2D eigenvalue weighted by Crippen LogP contribution is 2.15. The van der Waals surface area contributed by atoms with Crippen molar-refractivity contribution >= 4 is 5.91 Å². The highest BCUT2D eigenvalue weighted by Gasteiger charge is 2.28. The third-order valence-corrected chi connectivity index (χ3v) is 9.13. The summed E-state index contributed by atoms with van der Waals surface area (Å²) in [6, 6.07) is -1.00. The van der Waals surface area contributed by atoms with Crippen LogP contribution in [0.3, 0.4) is 0 Å². The first kappa shape index (κ1) is 44.8. The van der Waals surface area contributed by atoms with Gasteiger partial charge in [0, 0.05) is 0 Å². The quantitative estimate of drug-likeness (QED) is 0.0346. The van der Waals surface area contributed by atoms with Crippen LogP contribution < -0.4 is 5.32 Å². The summed E-state index contributed by atoms with van der Waals surface area (Å²) in [4.78, 5) is 12.4. The Morgan fingerprint density at radius 3 is 1.35 bits per heavy atom. The second kappa shape index (κ2) is 35.1. The van der Waals surface area contributed by atoms with Crippen molar-refractivity contribution in [2.45, 2.75) is 218 Å². The van der Waals surface area contributed by atoms with Gasteiger partial charge in [-0.05, 0) is 64.2 Å². The lowest BCUT2D eigenvalue weighted by Gasteiger charge is -2.27. The van der Waals surface area contributed by atoms with E-state index in [0.717, 1.165) is 57.8 Å². The van der Waals surface area contributed by atoms with Crippen molar-refractivity contribution in [1.82, 2.24) is 5.32 Å². The number of aliphatic hydroxyl groups excluding tert-OH is 4. The molecule has 1 amide bonds. The van der Waals surface area contributed by atoms with Gasteiger partial charge in [-0.15, -0.1) is 0 Å². The maximum Gasteiger partial charge on any atom is 0.249 e. The van der Waals surface area contributed by atoms with Crippen molar-refractivity contribution < 1.29 is 25.2 Å². The van der Waals surface area contributed by atoms with Gasteiger partial charge in [-0.1, -0.05) is 154 Å². The topological polar surface area (TPSA) is 110 Å². The molecule has 0 aromatic heterocycles. The zero-order valence-corrected chi connectivity index (χ0v) is 30.3. The monoisotopic (exact) mass is 652 g/mol. The van der Waals surface area contributed by atoms with Crippen LogP contribution in [0.25, 0.3) is 0 Å². The summed E-state index contributed by atoms with van der Waals surface area (Å²) in [6.45, 7) is 3.99. The Morgan fingerprint density at radius 2 is 0.891 bits per heavy atom. The van der Waals surface area contributed by atoms with Gasteiger partial charge >= 0.3 is 0 Å². The van der Waals surface area contributed by atoms with Crippen molar-refractivity contribution in [3.63, 3.8) is 0 Å². The molecular weight excluding hydrogens is 574 g/mol. The standard InChI is InChI=1S/C40H77NO5/c1-3-5-7-9-11-13-15-16-17-18-19-20-21-22-24-25-27-29-31-33-37(43)39(45)36(35-42)41-40(46)38(44)34-32-30-28-26-23-14-12-10-8-6-4-2/h12,14,25,27,36-39,42-45H,3-11,13,15-24,26,28-35H2,1-2H3,(H,41,46)/b14-12-,27-25+. The van der Waals surface area contributed by atoms with Crippen LogP contribution in [0.4, 0.5) is 0 Å². The first-order valence-corrected chi connectivity index (χ1v) is 19.7. The van der Waals surface area contributed by atoms with E-state index in [9.17, 15) is 25.2 Å². The molecule has 0 aliphatic heterocycles. The first-order valence-electron chi connectivity index (χ1n) is 19.7. The Morgan fingerprint density at radius 1 is 0.522 bits per heavy atom. The Labute approximate surface area is 284 Å². The maximum absolute atomic E-state index is 12.4. The fourth-order valence-electron chi connectivity index (χ4n) is 5.93. The minimum absolute atomic E-state index is 0.348. The highest BCUT2D eigenvalue weighted by atomic mass is 16.3. The molecule has 4 unspecified atom stereocenters. The number of amides is 1. The number of aliphatic hydroxyl groups is 4. The number of allylic oxidation sites excluding steroid dienone is 4. The van der Waals surface area contributed by atoms with Crippen LogP contribution in [0, 0.1) is 0 Å². The molecule has 0 bridgehead atoms. The van der Waals surface area contributed by atoms with Crippen LogP contribution in [0.1, 0.15) is 194 Å². The smallest absolute Gasteiger partial charge is 0.249 e. The van der Waals surface area contributed by atoms with Crippen LogP contribution >= 0.6 is 0 Å². The number of unbranched alkanes of at least 4 members (excludes halogenated alkanes) is 22. The van der Waals surface area contributed by atoms with Gasteiger partial charge in [0.2, 0.25) is 5.91 Å². The van der Waals surface area contributed by atoms with Gasteiger partial charge in [0.05, 0.1) is 18.8 Å². The van der Waals surface area contributed by atoms with E-state index in [-0.39, 0.29) is 0 Å². The van der Waals surface area contributed by atoms with Gasteiger partial charge in [0.25, 0.3) is 0 Å². The molecule has 0 spiro atoms. The Bertz CT molecular complexity index is 697. The molecule has 0 aliphatic carbocycles. The SMILES string of the molecule is CCCCC/C=C\CCCCCCC(O)C(=O)NC(CO)C(O)C(O)CCC/C=C/CCCCCCCCCCCCCCCC. The molecule has 46 heavy (non-hydrogen) atoms. The number of nitrogens with one attached hydrogen (secondary N) is 1. The third-order valence-electron chi connectivity index (χ3n) is 9.13. The van der Waals surface area contributed by atoms with E-state index in [0.29, 0.717) is 12.8 Å². The third kappa shape index (κ3) is 29.0. The summed E-state index contributed by atoms with van der Waals surface area (Å²) >= 11 is 0. The largest absolute Gasteiger partial charge is 0.394 e. The van der Waals surface area contributed by atoms with Crippen LogP contribution in [0.15, 0.2) is 24.3 Å². The minimum Gasteiger partial charge on any atom is -0.394 e. The molecule has 0 aromatic rings. The van der Waals surface area contributed by atoms with Crippen molar-refractivity contribution in [1.29, 1.82) is 0 Å². The van der Waals surface area contributed by atoms with Gasteiger partial charge in [0.1, 0.15) is 12.2 Å². The predicted molar refractivity (Wildman–Crippen MR) is 196 cm³/mol. The lowest BCUT2D eigenvalue weighted by atomic mass is 10.00. The summed E-state index contributed by atoms with van der Waals surface area (Å²) in [5.74, 6) is -0.605. The summed E-state index contributed by atoms with van der Waals surface area (Å²) in [7, 11) is 0. The van der Waals surface area contributed by atoms with E-state index in [1.54, 1.807) is 0 Å². The number of carbonyl (C=O) groups excluding carboxylic acids is 1. The van der Waals surface area contributed by atoms with Crippen molar-refractivity contribution in [2.24, 2.45) is 0 Å². The summed E-state index contributed by atoms with van der Waals surface area (Å²) in [6.07, 6.45) is 37.8. The summed E-state index contributed by atoms with van der Waals surface area (Å²) < 4.78 is 0. The molecule has 0 saturated heterocycles. The molecule has 272 valence electrons. The Kier molecular flexibility index (Phi) is 34.2. The average molecular weight is 652 g/mol. The normalized spacial score (nSPS) is 14.7. The number of carbonyl (C=O) groups is 1. The van der Waals surface area contributed by atoms with Gasteiger partial charge in [-0.25, -0.2) is 0 Å². The van der Waals surface area contributed by atoms with Crippen molar-refractivity contribution in [2.75, 3.05) is 6.61 Å². The second-order valence-electron chi connectivity index (χ2n) is 13.6. The average Bonchev–Trinajstić information content (AvgIpc) is 3.06. The fourth-order valence-corrected chi connectivity index (χ4v) is 5.93. The maximum atomic E-state index is 12.4. The first-order chi connectivity index (χ1) is 22.5. The van der Waals surface area contributed by atoms with E-state index in [1.165, 1.54) is 109 Å². The van der Waals surface area contributed by atoms with Gasteiger partial charge < -0.3 is 25.7 Å². The van der Waals surface area contributed by atoms with E-state index in [2.05, 4.69) is 43.5 Å². The summed E-state index contributed by atoms with van der Waals surface area (Å²) in [5, 5.41) is 43.4. The van der Waals surface area contributed by atoms with E-state index in [1.807, 2.05) is 0 Å². The van der Waals surface area contributed by atoms with Crippen LogP contribution in [0.5, 0.6) is 0 Å². The lowest BCUT2D eigenvalue weighted by Crippen LogP contribution is -2.53. The van der Waals surface area contributed by atoms with E-state index >= 15 is 0 Å². The number of hydrogen-bond acceptors (Lipinski definition) is 5. The molecule has 6 nitrogen and oxygen atoms in total. The highest BCUT2D eigenvalue weighted by molar-refractivity contribution is 5.80. The molecule has 6 heteroatoms. The van der Waals surface area contributed by atoms with Gasteiger partial charge in [-0.2, -0.15) is 0 Å². The Hall–Kier alpha value is -1.21. The molecule has 0 aliphatic rings. The predicted octanol–water partition coefficient (Wildman–Crippen LogP) is 9.62. The van der Waals surface area contributed by atoms with E-state index in [4.69, 9.17) is 0 Å². The Balaban J connectivity index is 3.81. The van der Waals surface area contributed by atoms with Gasteiger partial charge in [-0.3, -0.25) is 4.79 Å². The van der Waals surface area contributed by atoms with E-state index < -0.39 is 36.9 Å². The fraction of sp³-hybridized carbons (Fsp3) is 0.875. The second-order valence-corrected chi connectivity index (χ2v) is 13.6. The van der Waals surface area contributed by atoms with Crippen LogP contribution in [0.2, 0.25) is 0 Å². The molecule has 0 rings (SSSR count). The van der Waals surface area contributed by atoms with Crippen molar-refractivity contribution in [3.8, 4) is 0 Å². The number of hydrogen-bond donors (Lipinski definition) is 5. The molecular formula is C40H77NO5. The number of rotatable bonds is 35. The molecule has 5 N–H and O–H groups in total. The zero-order valence-electron chi connectivity index (χ0n) is 30.3. The molecule has 0 saturated carbocycles. The van der Waals surface area contributed by atoms with Crippen LogP contribution in [-0.2, 0) is 4.79 Å². The minimum atomic E-state index is -1.28. The lowest BCUT2D eigenvalue weighted by molar-refractivity contribution is -0.132. The van der Waals surface area contributed by atoms with Crippen LogP contribution in [-0.4, -0.2) is 57.3 Å². The molecule has 0 aromatic carbocycles. The molecule has 0 radical (unpaired) electrons. The summed E-state index contributed by atoms with van der Waals surface area (Å²) in [5.41, 5.74) is 0. The van der Waals surface area contributed by atoms with Crippen molar-refractivity contribution in [3.05, 3.63) is 24.3 Å². The molecule has 4 atom stereocenters. The van der Waals surface area contributed by atoms with Gasteiger partial charge in [0.15, 0.2) is 0 Å². The molecule has 0 heterocycles. The zero-order chi connectivity index (χ0) is 33.9. The molecule has 0 fully saturated rings.